The molecule has 3 heteroatoms. The van der Waals surface area contributed by atoms with Crippen molar-refractivity contribution in [3.05, 3.63) is 193 Å². The highest BCUT2D eigenvalue weighted by atomic mass is 16.3. The summed E-state index contributed by atoms with van der Waals surface area (Å²) in [5.74, 6) is 0. The van der Waals surface area contributed by atoms with Gasteiger partial charge in [0.2, 0.25) is 0 Å². The van der Waals surface area contributed by atoms with Gasteiger partial charge in [0.25, 0.3) is 0 Å². The van der Waals surface area contributed by atoms with Crippen LogP contribution in [0.3, 0.4) is 0 Å². The van der Waals surface area contributed by atoms with Gasteiger partial charge in [-0.3, -0.25) is 9.97 Å². The maximum absolute atomic E-state index is 6.38. The topological polar surface area (TPSA) is 38.9 Å². The summed E-state index contributed by atoms with van der Waals surface area (Å²) in [7, 11) is 0. The lowest BCUT2D eigenvalue weighted by Gasteiger charge is -2.23. The van der Waals surface area contributed by atoms with Crippen molar-refractivity contribution in [3.63, 3.8) is 0 Å². The molecule has 0 radical (unpaired) electrons. The molecule has 0 unspecified atom stereocenters. The fourth-order valence-electron chi connectivity index (χ4n) is 9.60. The molecule has 0 bridgehead atoms. The van der Waals surface area contributed by atoms with Gasteiger partial charge in [0.05, 0.1) is 11.0 Å². The normalized spacial score (nSPS) is 13.1. The molecule has 1 aliphatic carbocycles. The van der Waals surface area contributed by atoms with Gasteiger partial charge < -0.3 is 4.42 Å². The molecule has 2 aromatic heterocycles. The standard InChI is InChI=1S/C55H36N2O/c1-55(2)49-31-37(34-19-17-33(18-20-34)35-9-7-10-39(29-35)40-14-8-15-47-44-12-5-6-16-51(44)58-54(40)47)21-24-42(49)43-25-22-38(32-50(43)55)36-23-26-46-48(30-36)41-11-3-4-13-45(41)52-53(46)57-28-27-56-52/h3-32H,1-2H3. The second kappa shape index (κ2) is 12.3. The zero-order chi connectivity index (χ0) is 38.5. The monoisotopic (exact) mass is 740 g/mol. The quantitative estimate of drug-likeness (QED) is 0.169. The van der Waals surface area contributed by atoms with Crippen LogP contribution in [0.2, 0.25) is 0 Å². The molecule has 0 N–H and O–H groups in total. The molecule has 11 aromatic rings. The molecule has 0 aliphatic heterocycles. The Bertz CT molecular complexity index is 3450. The van der Waals surface area contributed by atoms with E-state index in [1.807, 2.05) is 12.1 Å². The number of hydrogen-bond acceptors (Lipinski definition) is 3. The molecule has 12 rings (SSSR count). The Morgan fingerprint density at radius 1 is 0.362 bits per heavy atom. The first-order valence-corrected chi connectivity index (χ1v) is 20.0. The van der Waals surface area contributed by atoms with Gasteiger partial charge in [-0.25, -0.2) is 0 Å². The predicted molar refractivity (Wildman–Crippen MR) is 241 cm³/mol. The summed E-state index contributed by atoms with van der Waals surface area (Å²) in [6.07, 6.45) is 3.57. The van der Waals surface area contributed by atoms with Crippen molar-refractivity contribution >= 4 is 54.5 Å². The van der Waals surface area contributed by atoms with Crippen LogP contribution in [0, 0.1) is 0 Å². The lowest BCUT2D eigenvalue weighted by Crippen LogP contribution is -2.15. The Hall–Kier alpha value is -7.36. The molecule has 0 saturated carbocycles. The molecular weight excluding hydrogens is 705 g/mol. The Balaban J connectivity index is 0.865. The highest BCUT2D eigenvalue weighted by molar-refractivity contribution is 6.23. The summed E-state index contributed by atoms with van der Waals surface area (Å²) in [5, 5.41) is 6.96. The molecule has 0 fully saturated rings. The van der Waals surface area contributed by atoms with Gasteiger partial charge in [-0.2, -0.15) is 0 Å². The van der Waals surface area contributed by atoms with Crippen LogP contribution in [-0.2, 0) is 5.41 Å². The van der Waals surface area contributed by atoms with Crippen LogP contribution in [0.1, 0.15) is 25.0 Å². The van der Waals surface area contributed by atoms with Crippen molar-refractivity contribution in [2.45, 2.75) is 19.3 Å². The summed E-state index contributed by atoms with van der Waals surface area (Å²) < 4.78 is 6.38. The second-order valence-corrected chi connectivity index (χ2v) is 16.1. The van der Waals surface area contributed by atoms with Crippen molar-refractivity contribution in [1.82, 2.24) is 9.97 Å². The van der Waals surface area contributed by atoms with Gasteiger partial charge in [0.1, 0.15) is 11.2 Å². The molecule has 0 amide bonds. The number of benzene rings is 9. The van der Waals surface area contributed by atoms with E-state index >= 15 is 0 Å². The number of rotatable bonds is 4. The van der Waals surface area contributed by atoms with Gasteiger partial charge in [-0.05, 0) is 102 Å². The van der Waals surface area contributed by atoms with Crippen molar-refractivity contribution in [2.75, 3.05) is 0 Å². The molecule has 1 aliphatic rings. The first-order valence-electron chi connectivity index (χ1n) is 20.0. The minimum atomic E-state index is -0.158. The van der Waals surface area contributed by atoms with E-state index in [0.29, 0.717) is 0 Å². The molecule has 2 heterocycles. The van der Waals surface area contributed by atoms with Crippen LogP contribution >= 0.6 is 0 Å². The SMILES string of the molecule is CC1(C)c2cc(-c3ccc(-c4cccc(-c5cccc6c5oc5ccccc56)c4)cc3)ccc2-c2ccc(-c3ccc4c(c3)c3ccccc3c3nccnc43)cc21. The molecule has 0 atom stereocenters. The van der Waals surface area contributed by atoms with E-state index in [0.717, 1.165) is 54.9 Å². The van der Waals surface area contributed by atoms with Gasteiger partial charge >= 0.3 is 0 Å². The highest BCUT2D eigenvalue weighted by Crippen LogP contribution is 2.51. The van der Waals surface area contributed by atoms with Crippen molar-refractivity contribution in [1.29, 1.82) is 0 Å². The van der Waals surface area contributed by atoms with Gasteiger partial charge in [0, 0.05) is 44.9 Å². The number of hydrogen-bond donors (Lipinski definition) is 0. The minimum absolute atomic E-state index is 0.158. The Kier molecular flexibility index (Phi) is 6.98. The third kappa shape index (κ3) is 4.86. The zero-order valence-electron chi connectivity index (χ0n) is 32.1. The number of nitrogens with zero attached hydrogens (tertiary/aromatic N) is 2. The smallest absolute Gasteiger partial charge is 0.143 e. The molecule has 58 heavy (non-hydrogen) atoms. The fourth-order valence-corrected chi connectivity index (χ4v) is 9.60. The largest absolute Gasteiger partial charge is 0.455 e. The molecule has 0 spiro atoms. The van der Waals surface area contributed by atoms with Gasteiger partial charge in [0.15, 0.2) is 0 Å². The van der Waals surface area contributed by atoms with Gasteiger partial charge in [-0.1, -0.05) is 153 Å². The maximum Gasteiger partial charge on any atom is 0.143 e. The van der Waals surface area contributed by atoms with E-state index in [2.05, 4.69) is 172 Å². The summed E-state index contributed by atoms with van der Waals surface area (Å²) in [5.41, 5.74) is 18.4. The molecular formula is C55H36N2O. The Morgan fingerprint density at radius 2 is 0.879 bits per heavy atom. The minimum Gasteiger partial charge on any atom is -0.455 e. The van der Waals surface area contributed by atoms with E-state index in [-0.39, 0.29) is 5.41 Å². The number of fused-ring (bicyclic) bond motifs is 12. The number of para-hydroxylation sites is 2. The van der Waals surface area contributed by atoms with Crippen LogP contribution in [0.15, 0.2) is 187 Å². The van der Waals surface area contributed by atoms with Crippen LogP contribution in [-0.4, -0.2) is 9.97 Å². The lowest BCUT2D eigenvalue weighted by molar-refractivity contribution is 0.661. The Labute approximate surface area is 335 Å². The van der Waals surface area contributed by atoms with E-state index in [9.17, 15) is 0 Å². The van der Waals surface area contributed by atoms with E-state index < -0.39 is 0 Å². The molecule has 272 valence electrons. The fraction of sp³-hybridized carbons (Fsp3) is 0.0545. The number of aromatic nitrogens is 2. The lowest BCUT2D eigenvalue weighted by atomic mass is 9.80. The molecule has 9 aromatic carbocycles. The average molecular weight is 741 g/mol. The summed E-state index contributed by atoms with van der Waals surface area (Å²) in [6, 6.07) is 61.9. The van der Waals surface area contributed by atoms with E-state index in [4.69, 9.17) is 14.4 Å². The first-order chi connectivity index (χ1) is 28.5. The summed E-state index contributed by atoms with van der Waals surface area (Å²) >= 11 is 0. The second-order valence-electron chi connectivity index (χ2n) is 16.1. The third-order valence-corrected chi connectivity index (χ3v) is 12.6. The maximum atomic E-state index is 6.38. The van der Waals surface area contributed by atoms with Crippen LogP contribution in [0.5, 0.6) is 0 Å². The van der Waals surface area contributed by atoms with Crippen molar-refractivity contribution in [3.8, 4) is 55.6 Å². The van der Waals surface area contributed by atoms with Crippen molar-refractivity contribution < 1.29 is 4.42 Å². The third-order valence-electron chi connectivity index (χ3n) is 12.6. The van der Waals surface area contributed by atoms with Crippen LogP contribution < -0.4 is 0 Å². The molecule has 0 saturated heterocycles. The first kappa shape index (κ1) is 32.8. The van der Waals surface area contributed by atoms with E-state index in [1.54, 1.807) is 12.4 Å². The average Bonchev–Trinajstić information content (AvgIpc) is 3.78. The summed E-state index contributed by atoms with van der Waals surface area (Å²) in [6.45, 7) is 4.73. The highest BCUT2D eigenvalue weighted by Gasteiger charge is 2.36. The van der Waals surface area contributed by atoms with Crippen molar-refractivity contribution in [2.24, 2.45) is 0 Å². The number of furan rings is 1. The zero-order valence-corrected chi connectivity index (χ0v) is 32.1. The Morgan fingerprint density at radius 3 is 1.60 bits per heavy atom. The predicted octanol–water partition coefficient (Wildman–Crippen LogP) is 14.8. The summed E-state index contributed by atoms with van der Waals surface area (Å²) in [4.78, 5) is 9.48. The van der Waals surface area contributed by atoms with Gasteiger partial charge in [-0.15, -0.1) is 0 Å². The molecule has 3 nitrogen and oxygen atoms in total. The van der Waals surface area contributed by atoms with Crippen LogP contribution in [0.4, 0.5) is 0 Å². The van der Waals surface area contributed by atoms with E-state index in [1.165, 1.54) is 66.4 Å². The van der Waals surface area contributed by atoms with Crippen LogP contribution in [0.25, 0.3) is 110 Å².